The third-order valence-corrected chi connectivity index (χ3v) is 5.31. The molecule has 0 aliphatic rings. The average molecular weight is 463 g/mol. The summed E-state index contributed by atoms with van der Waals surface area (Å²) in [6.07, 6.45) is 0.151. The van der Waals surface area contributed by atoms with Gasteiger partial charge in [-0.15, -0.1) is 0 Å². The zero-order chi connectivity index (χ0) is 23.4. The van der Waals surface area contributed by atoms with Crippen molar-refractivity contribution in [3.63, 3.8) is 0 Å². The molecular weight excluding hydrogens is 440 g/mol. The molecule has 2 N–H and O–H groups in total. The first-order valence-corrected chi connectivity index (χ1v) is 10.9. The third kappa shape index (κ3) is 5.54. The van der Waals surface area contributed by atoms with Gasteiger partial charge in [0.05, 0.1) is 18.1 Å². The molecule has 0 unspecified atom stereocenters. The van der Waals surface area contributed by atoms with Gasteiger partial charge in [-0.25, -0.2) is 0 Å². The highest BCUT2D eigenvalue weighted by atomic mass is 35.5. The molecule has 4 rings (SSSR count). The molecule has 0 spiro atoms. The van der Waals surface area contributed by atoms with E-state index < -0.39 is 0 Å². The number of carbonyl (C=O) groups excluding carboxylic acids is 2. The van der Waals surface area contributed by atoms with Crippen LogP contribution in [0, 0.1) is 6.92 Å². The van der Waals surface area contributed by atoms with Crippen molar-refractivity contribution in [2.24, 2.45) is 0 Å². The van der Waals surface area contributed by atoms with Gasteiger partial charge < -0.3 is 19.8 Å². The summed E-state index contributed by atoms with van der Waals surface area (Å²) in [7, 11) is 0. The Labute approximate surface area is 196 Å². The first-order chi connectivity index (χ1) is 15.9. The lowest BCUT2D eigenvalue weighted by Crippen LogP contribution is -2.12. The summed E-state index contributed by atoms with van der Waals surface area (Å²) in [6.45, 7) is 4.12. The lowest BCUT2D eigenvalue weighted by Gasteiger charge is -2.10. The Morgan fingerprint density at radius 2 is 1.79 bits per heavy atom. The summed E-state index contributed by atoms with van der Waals surface area (Å²) in [6, 6.07) is 20.0. The number of nitrogens with one attached hydrogen (secondary N) is 2. The van der Waals surface area contributed by atoms with Crippen LogP contribution < -0.4 is 10.1 Å². The summed E-state index contributed by atoms with van der Waals surface area (Å²) in [5.41, 5.74) is 3.93. The molecule has 6 nitrogen and oxygen atoms in total. The standard InChI is InChI=1S/C26H23ClN2O4/c1-3-32-25(30)14-17-5-11-24(21(27)13-17)33-20-8-6-19(7-9-20)28-26(31)23-15-18-12-16(2)4-10-22(18)29-23/h4-13,15,29H,3,14H2,1-2H3,(H,28,31). The molecule has 0 aliphatic carbocycles. The van der Waals surface area contributed by atoms with Crippen molar-refractivity contribution in [3.8, 4) is 11.5 Å². The van der Waals surface area contributed by atoms with E-state index >= 15 is 0 Å². The van der Waals surface area contributed by atoms with Crippen LogP contribution in [0.4, 0.5) is 5.69 Å². The Balaban J connectivity index is 1.39. The van der Waals surface area contributed by atoms with Gasteiger partial charge >= 0.3 is 5.97 Å². The van der Waals surface area contributed by atoms with Crippen LogP contribution >= 0.6 is 11.6 Å². The van der Waals surface area contributed by atoms with E-state index in [0.29, 0.717) is 34.5 Å². The largest absolute Gasteiger partial charge is 0.466 e. The Morgan fingerprint density at radius 3 is 2.52 bits per heavy atom. The van der Waals surface area contributed by atoms with E-state index in [1.54, 1.807) is 49.4 Å². The number of carbonyl (C=O) groups is 2. The van der Waals surface area contributed by atoms with E-state index in [9.17, 15) is 9.59 Å². The second kappa shape index (κ2) is 9.79. The molecule has 7 heteroatoms. The van der Waals surface area contributed by atoms with Crippen molar-refractivity contribution < 1.29 is 19.1 Å². The van der Waals surface area contributed by atoms with Gasteiger partial charge in [0.2, 0.25) is 0 Å². The lowest BCUT2D eigenvalue weighted by molar-refractivity contribution is -0.142. The highest BCUT2D eigenvalue weighted by Crippen LogP contribution is 2.31. The molecule has 1 amide bonds. The number of halogens is 1. The zero-order valence-electron chi connectivity index (χ0n) is 18.3. The fourth-order valence-electron chi connectivity index (χ4n) is 3.42. The number of ether oxygens (including phenoxy) is 2. The van der Waals surface area contributed by atoms with Crippen LogP contribution in [0.25, 0.3) is 10.9 Å². The first kappa shape index (κ1) is 22.4. The Morgan fingerprint density at radius 1 is 1.00 bits per heavy atom. The summed E-state index contributed by atoms with van der Waals surface area (Å²) in [5, 5.41) is 4.26. The minimum Gasteiger partial charge on any atom is -0.466 e. The lowest BCUT2D eigenvalue weighted by atomic mass is 10.1. The monoisotopic (exact) mass is 462 g/mol. The fraction of sp³-hybridized carbons (Fsp3) is 0.154. The van der Waals surface area contributed by atoms with E-state index in [-0.39, 0.29) is 18.3 Å². The fourth-order valence-corrected chi connectivity index (χ4v) is 3.66. The molecule has 168 valence electrons. The predicted molar refractivity (Wildman–Crippen MR) is 129 cm³/mol. The molecule has 0 saturated carbocycles. The van der Waals surface area contributed by atoms with Gasteiger partial charge in [-0.05, 0) is 74.0 Å². The van der Waals surface area contributed by atoms with Crippen molar-refractivity contribution in [2.75, 3.05) is 11.9 Å². The van der Waals surface area contributed by atoms with Gasteiger partial charge in [-0.3, -0.25) is 9.59 Å². The number of fused-ring (bicyclic) bond motifs is 1. The highest BCUT2D eigenvalue weighted by Gasteiger charge is 2.11. The number of benzene rings is 3. The second-order valence-corrected chi connectivity index (χ2v) is 8.01. The van der Waals surface area contributed by atoms with E-state index in [1.807, 2.05) is 31.2 Å². The van der Waals surface area contributed by atoms with Gasteiger partial charge in [0.25, 0.3) is 5.91 Å². The van der Waals surface area contributed by atoms with Crippen LogP contribution in [-0.2, 0) is 16.0 Å². The van der Waals surface area contributed by atoms with Gasteiger partial charge in [-0.2, -0.15) is 0 Å². The topological polar surface area (TPSA) is 80.4 Å². The van der Waals surface area contributed by atoms with Gasteiger partial charge in [0, 0.05) is 16.6 Å². The maximum absolute atomic E-state index is 12.6. The molecule has 1 heterocycles. The molecule has 0 atom stereocenters. The van der Waals surface area contributed by atoms with Crippen molar-refractivity contribution in [3.05, 3.63) is 88.6 Å². The molecule has 0 aliphatic heterocycles. The van der Waals surface area contributed by atoms with Crippen molar-refractivity contribution in [1.29, 1.82) is 0 Å². The number of aromatic nitrogens is 1. The summed E-state index contributed by atoms with van der Waals surface area (Å²) in [4.78, 5) is 27.4. The summed E-state index contributed by atoms with van der Waals surface area (Å²) >= 11 is 6.31. The predicted octanol–water partition coefficient (Wildman–Crippen LogP) is 6.28. The minimum atomic E-state index is -0.303. The van der Waals surface area contributed by atoms with Gasteiger partial charge in [0.1, 0.15) is 17.2 Å². The van der Waals surface area contributed by atoms with Gasteiger partial charge in [-0.1, -0.05) is 29.3 Å². The summed E-state index contributed by atoms with van der Waals surface area (Å²) < 4.78 is 10.8. The highest BCUT2D eigenvalue weighted by molar-refractivity contribution is 6.32. The van der Waals surface area contributed by atoms with Crippen LogP contribution in [-0.4, -0.2) is 23.5 Å². The number of H-pyrrole nitrogens is 1. The van der Waals surface area contributed by atoms with Crippen LogP contribution in [0.15, 0.2) is 66.7 Å². The average Bonchev–Trinajstić information content (AvgIpc) is 3.20. The summed E-state index contributed by atoms with van der Waals surface area (Å²) in [5.74, 6) is 0.503. The number of esters is 1. The number of aromatic amines is 1. The minimum absolute atomic E-state index is 0.151. The maximum Gasteiger partial charge on any atom is 0.310 e. The van der Waals surface area contributed by atoms with Crippen molar-refractivity contribution in [1.82, 2.24) is 4.98 Å². The molecule has 3 aromatic carbocycles. The van der Waals surface area contributed by atoms with E-state index in [4.69, 9.17) is 21.1 Å². The first-order valence-electron chi connectivity index (χ1n) is 10.5. The normalized spacial score (nSPS) is 10.8. The van der Waals surface area contributed by atoms with Crippen molar-refractivity contribution >= 4 is 40.1 Å². The molecule has 33 heavy (non-hydrogen) atoms. The van der Waals surface area contributed by atoms with Crippen LogP contribution in [0.1, 0.15) is 28.5 Å². The van der Waals surface area contributed by atoms with E-state index in [2.05, 4.69) is 10.3 Å². The zero-order valence-corrected chi connectivity index (χ0v) is 19.0. The number of anilines is 1. The van der Waals surface area contributed by atoms with E-state index in [0.717, 1.165) is 22.0 Å². The quantitative estimate of drug-likeness (QED) is 0.317. The van der Waals surface area contributed by atoms with Crippen LogP contribution in [0.2, 0.25) is 5.02 Å². The number of hydrogen-bond acceptors (Lipinski definition) is 4. The Kier molecular flexibility index (Phi) is 6.66. The van der Waals surface area contributed by atoms with E-state index in [1.165, 1.54) is 0 Å². The molecular formula is C26H23ClN2O4. The Bertz CT molecular complexity index is 1310. The molecule has 4 aromatic rings. The SMILES string of the molecule is CCOC(=O)Cc1ccc(Oc2ccc(NC(=O)c3cc4cc(C)ccc4[nH]3)cc2)c(Cl)c1. The second-order valence-electron chi connectivity index (χ2n) is 7.60. The third-order valence-electron chi connectivity index (χ3n) is 5.01. The number of aryl methyl sites for hydroxylation is 1. The molecule has 0 bridgehead atoms. The molecule has 1 aromatic heterocycles. The number of hydrogen-bond donors (Lipinski definition) is 2. The smallest absolute Gasteiger partial charge is 0.310 e. The Hall–Kier alpha value is -3.77. The van der Waals surface area contributed by atoms with Crippen LogP contribution in [0.3, 0.4) is 0 Å². The number of amides is 1. The maximum atomic E-state index is 12.6. The van der Waals surface area contributed by atoms with Crippen LogP contribution in [0.5, 0.6) is 11.5 Å². The molecule has 0 radical (unpaired) electrons. The van der Waals surface area contributed by atoms with Crippen molar-refractivity contribution in [2.45, 2.75) is 20.3 Å². The molecule has 0 saturated heterocycles. The number of rotatable bonds is 7. The van der Waals surface area contributed by atoms with Gasteiger partial charge in [0.15, 0.2) is 0 Å². The molecule has 0 fully saturated rings.